The molecular formula is C18H15NO2. The Morgan fingerprint density at radius 3 is 2.48 bits per heavy atom. The molecule has 0 aliphatic heterocycles. The van der Waals surface area contributed by atoms with Crippen molar-refractivity contribution in [1.29, 1.82) is 0 Å². The molecule has 0 fully saturated rings. The minimum atomic E-state index is -0.406. The maximum absolute atomic E-state index is 12.1. The third-order valence-electron chi connectivity index (χ3n) is 3.45. The minimum absolute atomic E-state index is 0.406. The number of aryl methyl sites for hydroxylation is 1. The summed E-state index contributed by atoms with van der Waals surface area (Å²) < 4.78 is 5.41. The van der Waals surface area contributed by atoms with E-state index in [1.807, 2.05) is 49.4 Å². The minimum Gasteiger partial charge on any atom is -0.423 e. The fraction of sp³-hybridized carbons (Fsp3) is 0.0556. The lowest BCUT2D eigenvalue weighted by Gasteiger charge is -2.07. The Labute approximate surface area is 123 Å². The second kappa shape index (κ2) is 5.29. The maximum atomic E-state index is 12.1. The van der Waals surface area contributed by atoms with E-state index in [1.54, 1.807) is 18.2 Å². The van der Waals surface area contributed by atoms with E-state index in [9.17, 15) is 4.79 Å². The number of carbonyl (C=O) groups is 1. The molecule has 0 spiro atoms. The Bertz CT molecular complexity index is 824. The highest BCUT2D eigenvalue weighted by atomic mass is 16.5. The smallest absolute Gasteiger partial charge is 0.343 e. The molecule has 3 nitrogen and oxygen atoms in total. The van der Waals surface area contributed by atoms with Crippen molar-refractivity contribution in [2.24, 2.45) is 0 Å². The van der Waals surface area contributed by atoms with Crippen LogP contribution in [0.25, 0.3) is 10.8 Å². The van der Waals surface area contributed by atoms with Gasteiger partial charge in [-0.25, -0.2) is 4.79 Å². The third-order valence-corrected chi connectivity index (χ3v) is 3.45. The fourth-order valence-electron chi connectivity index (χ4n) is 2.16. The quantitative estimate of drug-likeness (QED) is 0.438. The summed E-state index contributed by atoms with van der Waals surface area (Å²) in [7, 11) is 0. The highest BCUT2D eigenvalue weighted by Gasteiger charge is 2.10. The van der Waals surface area contributed by atoms with Crippen LogP contribution in [0, 0.1) is 6.92 Å². The van der Waals surface area contributed by atoms with Gasteiger partial charge in [0.2, 0.25) is 0 Å². The summed E-state index contributed by atoms with van der Waals surface area (Å²) in [4.78, 5) is 12.1. The topological polar surface area (TPSA) is 52.3 Å². The summed E-state index contributed by atoms with van der Waals surface area (Å²) in [6, 6.07) is 18.7. The van der Waals surface area contributed by atoms with Crippen LogP contribution in [0.3, 0.4) is 0 Å². The summed E-state index contributed by atoms with van der Waals surface area (Å²) in [6.45, 7) is 1.90. The molecule has 0 unspecified atom stereocenters. The average molecular weight is 277 g/mol. The van der Waals surface area contributed by atoms with Gasteiger partial charge < -0.3 is 10.5 Å². The molecule has 0 bridgehead atoms. The Kier molecular flexibility index (Phi) is 3.32. The lowest BCUT2D eigenvalue weighted by molar-refractivity contribution is 0.0735. The van der Waals surface area contributed by atoms with Crippen molar-refractivity contribution < 1.29 is 9.53 Å². The number of benzene rings is 3. The van der Waals surface area contributed by atoms with Crippen LogP contribution >= 0.6 is 0 Å². The number of esters is 1. The second-order valence-electron chi connectivity index (χ2n) is 4.97. The summed E-state index contributed by atoms with van der Waals surface area (Å²) in [5.41, 5.74) is 7.80. The molecule has 21 heavy (non-hydrogen) atoms. The van der Waals surface area contributed by atoms with E-state index in [1.165, 1.54) is 0 Å². The van der Waals surface area contributed by atoms with Crippen LogP contribution in [0.15, 0.2) is 60.7 Å². The Balaban J connectivity index is 1.87. The van der Waals surface area contributed by atoms with Crippen LogP contribution in [0.5, 0.6) is 5.75 Å². The Morgan fingerprint density at radius 1 is 0.952 bits per heavy atom. The summed E-state index contributed by atoms with van der Waals surface area (Å²) in [5.74, 6) is 0.120. The number of ether oxygens (including phenoxy) is 1. The number of nitrogens with two attached hydrogens (primary N) is 1. The van der Waals surface area contributed by atoms with Crippen LogP contribution in [0.2, 0.25) is 0 Å². The molecule has 0 aliphatic rings. The molecule has 0 saturated carbocycles. The number of hydrogen-bond donors (Lipinski definition) is 1. The number of hydrogen-bond acceptors (Lipinski definition) is 3. The molecule has 0 saturated heterocycles. The highest BCUT2D eigenvalue weighted by Crippen LogP contribution is 2.22. The van der Waals surface area contributed by atoms with Crippen molar-refractivity contribution in [2.75, 3.05) is 5.73 Å². The largest absolute Gasteiger partial charge is 0.423 e. The second-order valence-corrected chi connectivity index (χ2v) is 4.97. The first kappa shape index (κ1) is 13.2. The predicted molar refractivity (Wildman–Crippen MR) is 84.5 cm³/mol. The van der Waals surface area contributed by atoms with Gasteiger partial charge in [-0.2, -0.15) is 0 Å². The molecule has 104 valence electrons. The number of carbonyl (C=O) groups excluding carboxylic acids is 1. The van der Waals surface area contributed by atoms with E-state index < -0.39 is 5.97 Å². The molecule has 3 rings (SSSR count). The first-order chi connectivity index (χ1) is 10.1. The van der Waals surface area contributed by atoms with E-state index >= 15 is 0 Å². The number of anilines is 1. The molecular weight excluding hydrogens is 262 g/mol. The zero-order chi connectivity index (χ0) is 14.8. The van der Waals surface area contributed by atoms with Crippen molar-refractivity contribution in [2.45, 2.75) is 6.92 Å². The van der Waals surface area contributed by atoms with Crippen molar-refractivity contribution in [3.63, 3.8) is 0 Å². The van der Waals surface area contributed by atoms with E-state index in [4.69, 9.17) is 10.5 Å². The van der Waals surface area contributed by atoms with Gasteiger partial charge in [-0.15, -0.1) is 0 Å². The normalized spacial score (nSPS) is 10.5. The molecule has 3 heteroatoms. The molecule has 3 aromatic carbocycles. The Morgan fingerprint density at radius 2 is 1.71 bits per heavy atom. The molecule has 0 heterocycles. The molecule has 2 N–H and O–H groups in total. The SMILES string of the molecule is Cc1ccc(C(=O)Oc2ccc3ccccc3c2)cc1N. The van der Waals surface area contributed by atoms with Gasteiger partial charge in [0.05, 0.1) is 5.56 Å². The molecule has 0 aromatic heterocycles. The average Bonchev–Trinajstić information content (AvgIpc) is 2.50. The van der Waals surface area contributed by atoms with Gasteiger partial charge in [-0.3, -0.25) is 0 Å². The van der Waals surface area contributed by atoms with Crippen LogP contribution in [0.1, 0.15) is 15.9 Å². The number of fused-ring (bicyclic) bond motifs is 1. The highest BCUT2D eigenvalue weighted by molar-refractivity contribution is 5.93. The van der Waals surface area contributed by atoms with E-state index in [0.29, 0.717) is 17.0 Å². The van der Waals surface area contributed by atoms with Crippen LogP contribution in [-0.2, 0) is 0 Å². The maximum Gasteiger partial charge on any atom is 0.343 e. The van der Waals surface area contributed by atoms with Crippen LogP contribution < -0.4 is 10.5 Å². The monoisotopic (exact) mass is 277 g/mol. The molecule has 0 amide bonds. The van der Waals surface area contributed by atoms with Crippen molar-refractivity contribution in [1.82, 2.24) is 0 Å². The lowest BCUT2D eigenvalue weighted by atomic mass is 10.1. The molecule has 3 aromatic rings. The van der Waals surface area contributed by atoms with Gasteiger partial charge in [0.25, 0.3) is 0 Å². The standard InChI is InChI=1S/C18H15NO2/c1-12-6-7-15(11-17(12)19)18(20)21-16-9-8-13-4-2-3-5-14(13)10-16/h2-11H,19H2,1H3. The zero-order valence-electron chi connectivity index (χ0n) is 11.7. The first-order valence-corrected chi connectivity index (χ1v) is 6.70. The molecule has 0 aliphatic carbocycles. The predicted octanol–water partition coefficient (Wildman–Crippen LogP) is 3.95. The van der Waals surface area contributed by atoms with Gasteiger partial charge in [-0.1, -0.05) is 36.4 Å². The van der Waals surface area contributed by atoms with Gasteiger partial charge >= 0.3 is 5.97 Å². The van der Waals surface area contributed by atoms with E-state index in [0.717, 1.165) is 16.3 Å². The van der Waals surface area contributed by atoms with E-state index in [2.05, 4.69) is 0 Å². The van der Waals surface area contributed by atoms with Crippen molar-refractivity contribution >= 4 is 22.4 Å². The first-order valence-electron chi connectivity index (χ1n) is 6.70. The van der Waals surface area contributed by atoms with Gasteiger partial charge in [0.1, 0.15) is 5.75 Å². The lowest BCUT2D eigenvalue weighted by Crippen LogP contribution is -2.09. The van der Waals surface area contributed by atoms with Crippen LogP contribution in [-0.4, -0.2) is 5.97 Å². The van der Waals surface area contributed by atoms with Gasteiger partial charge in [0, 0.05) is 5.69 Å². The van der Waals surface area contributed by atoms with Crippen molar-refractivity contribution in [3.05, 3.63) is 71.8 Å². The third kappa shape index (κ3) is 2.72. The van der Waals surface area contributed by atoms with Gasteiger partial charge in [0.15, 0.2) is 0 Å². The number of rotatable bonds is 2. The summed E-state index contributed by atoms with van der Waals surface area (Å²) in [5, 5.41) is 2.14. The fourth-order valence-corrected chi connectivity index (χ4v) is 2.16. The van der Waals surface area contributed by atoms with Crippen LogP contribution in [0.4, 0.5) is 5.69 Å². The molecule has 0 atom stereocenters. The van der Waals surface area contributed by atoms with E-state index in [-0.39, 0.29) is 0 Å². The molecule has 0 radical (unpaired) electrons. The Hall–Kier alpha value is -2.81. The summed E-state index contributed by atoms with van der Waals surface area (Å²) >= 11 is 0. The zero-order valence-corrected chi connectivity index (χ0v) is 11.7. The van der Waals surface area contributed by atoms with Crippen molar-refractivity contribution in [3.8, 4) is 5.75 Å². The number of nitrogen functional groups attached to an aromatic ring is 1. The van der Waals surface area contributed by atoms with Gasteiger partial charge in [-0.05, 0) is 47.5 Å². The summed E-state index contributed by atoms with van der Waals surface area (Å²) in [6.07, 6.45) is 0.